The third-order valence-corrected chi connectivity index (χ3v) is 8.39. The second-order valence-electron chi connectivity index (χ2n) is 9.19. The smallest absolute Gasteiger partial charge is 0.264 e. The average Bonchev–Trinajstić information content (AvgIpc) is 2.90. The monoisotopic (exact) mass is 555 g/mol. The Morgan fingerprint density at radius 2 is 1.63 bits per heavy atom. The third-order valence-electron chi connectivity index (χ3n) is 6.25. The van der Waals surface area contributed by atoms with Crippen molar-refractivity contribution in [3.8, 4) is 0 Å². The highest BCUT2D eigenvalue weighted by molar-refractivity contribution is 7.92. The Morgan fingerprint density at radius 3 is 2.26 bits per heavy atom. The molecule has 0 saturated carbocycles. The maximum Gasteiger partial charge on any atom is 0.264 e. The second-order valence-corrected chi connectivity index (χ2v) is 11.5. The zero-order valence-corrected chi connectivity index (χ0v) is 23.7. The maximum atomic E-state index is 13.9. The van der Waals surface area contributed by atoms with Crippen LogP contribution in [0, 0.1) is 13.8 Å². The second kappa shape index (κ2) is 12.9. The van der Waals surface area contributed by atoms with Gasteiger partial charge in [-0.1, -0.05) is 72.6 Å². The molecule has 7 nitrogen and oxygen atoms in total. The molecule has 3 aromatic carbocycles. The van der Waals surface area contributed by atoms with Crippen molar-refractivity contribution in [1.29, 1.82) is 0 Å². The SMILES string of the molecule is CCCNC(=O)C(C)N(Cc1ccccc1Cl)C(=O)CN(c1ccc(C)cc1C)S(=O)(=O)c1ccccc1. The van der Waals surface area contributed by atoms with Crippen molar-refractivity contribution in [2.45, 2.75) is 51.6 Å². The van der Waals surface area contributed by atoms with Gasteiger partial charge in [0.2, 0.25) is 11.8 Å². The maximum absolute atomic E-state index is 13.9. The summed E-state index contributed by atoms with van der Waals surface area (Å²) in [5.41, 5.74) is 2.73. The van der Waals surface area contributed by atoms with E-state index in [0.717, 1.165) is 16.3 Å². The Balaban J connectivity index is 2.05. The molecule has 0 aromatic heterocycles. The Kier molecular flexibility index (Phi) is 9.94. The Hall–Kier alpha value is -3.36. The molecule has 3 rings (SSSR count). The lowest BCUT2D eigenvalue weighted by molar-refractivity contribution is -0.139. The van der Waals surface area contributed by atoms with Crippen LogP contribution in [0.5, 0.6) is 0 Å². The van der Waals surface area contributed by atoms with E-state index in [1.54, 1.807) is 55.5 Å². The number of anilines is 1. The Morgan fingerprint density at radius 1 is 0.974 bits per heavy atom. The summed E-state index contributed by atoms with van der Waals surface area (Å²) in [5, 5.41) is 3.28. The van der Waals surface area contributed by atoms with Gasteiger partial charge in [0.25, 0.3) is 10.0 Å². The lowest BCUT2D eigenvalue weighted by atomic mass is 10.1. The minimum atomic E-state index is -4.10. The summed E-state index contributed by atoms with van der Waals surface area (Å²) < 4.78 is 28.8. The molecular formula is C29H34ClN3O4S. The topological polar surface area (TPSA) is 86.8 Å². The van der Waals surface area contributed by atoms with Crippen LogP contribution in [0.25, 0.3) is 0 Å². The Bertz CT molecular complexity index is 1380. The fourth-order valence-electron chi connectivity index (χ4n) is 4.11. The molecule has 0 fully saturated rings. The van der Waals surface area contributed by atoms with Crippen LogP contribution in [0.15, 0.2) is 77.7 Å². The van der Waals surface area contributed by atoms with E-state index in [2.05, 4.69) is 5.32 Å². The predicted molar refractivity (Wildman–Crippen MR) is 152 cm³/mol. The standard InChI is InChI=1S/C29H34ClN3O4S/c1-5-17-31-29(35)23(4)32(19-24-11-9-10-14-26(24)30)28(34)20-33(27-16-15-21(2)18-22(27)3)38(36,37)25-12-7-6-8-13-25/h6-16,18,23H,5,17,19-20H2,1-4H3,(H,31,35). The van der Waals surface area contributed by atoms with E-state index in [1.165, 1.54) is 17.0 Å². The van der Waals surface area contributed by atoms with Crippen LogP contribution in [0.3, 0.4) is 0 Å². The number of nitrogens with zero attached hydrogens (tertiary/aromatic N) is 2. The molecule has 3 aromatic rings. The summed E-state index contributed by atoms with van der Waals surface area (Å²) in [6, 6.07) is 19.6. The van der Waals surface area contributed by atoms with Crippen LogP contribution in [-0.4, -0.2) is 44.3 Å². The van der Waals surface area contributed by atoms with Crippen molar-refractivity contribution in [3.63, 3.8) is 0 Å². The number of carbonyl (C=O) groups excluding carboxylic acids is 2. The summed E-state index contributed by atoms with van der Waals surface area (Å²) in [7, 11) is -4.10. The average molecular weight is 556 g/mol. The minimum absolute atomic E-state index is 0.0469. The van der Waals surface area contributed by atoms with Crippen molar-refractivity contribution >= 4 is 39.1 Å². The van der Waals surface area contributed by atoms with Crippen LogP contribution in [-0.2, 0) is 26.2 Å². The Labute approximate surface area is 230 Å². The van der Waals surface area contributed by atoms with Crippen molar-refractivity contribution < 1.29 is 18.0 Å². The van der Waals surface area contributed by atoms with Gasteiger partial charge in [-0.05, 0) is 62.6 Å². The molecule has 38 heavy (non-hydrogen) atoms. The molecule has 0 radical (unpaired) electrons. The first-order chi connectivity index (χ1) is 18.1. The number of carbonyl (C=O) groups is 2. The molecule has 0 saturated heterocycles. The van der Waals surface area contributed by atoms with Gasteiger partial charge in [-0.3, -0.25) is 13.9 Å². The molecule has 0 spiro atoms. The summed E-state index contributed by atoms with van der Waals surface area (Å²) in [6.45, 7) is 7.32. The summed E-state index contributed by atoms with van der Waals surface area (Å²) in [6.07, 6.45) is 0.743. The number of amides is 2. The number of hydrogen-bond acceptors (Lipinski definition) is 4. The number of sulfonamides is 1. The van der Waals surface area contributed by atoms with E-state index >= 15 is 0 Å². The molecule has 0 heterocycles. The van der Waals surface area contributed by atoms with Crippen LogP contribution < -0.4 is 9.62 Å². The van der Waals surface area contributed by atoms with Gasteiger partial charge >= 0.3 is 0 Å². The summed E-state index contributed by atoms with van der Waals surface area (Å²) >= 11 is 6.39. The van der Waals surface area contributed by atoms with E-state index in [0.29, 0.717) is 28.4 Å². The molecule has 0 aliphatic rings. The molecule has 1 N–H and O–H groups in total. The van der Waals surface area contributed by atoms with Crippen molar-refractivity contribution in [1.82, 2.24) is 10.2 Å². The number of rotatable bonds is 11. The molecular weight excluding hydrogens is 522 g/mol. The number of nitrogens with one attached hydrogen (secondary N) is 1. The van der Waals surface area contributed by atoms with Gasteiger partial charge in [0.1, 0.15) is 12.6 Å². The molecule has 0 bridgehead atoms. The van der Waals surface area contributed by atoms with Crippen LogP contribution in [0.2, 0.25) is 5.02 Å². The third kappa shape index (κ3) is 6.94. The van der Waals surface area contributed by atoms with Crippen LogP contribution in [0.1, 0.15) is 37.0 Å². The first-order valence-electron chi connectivity index (χ1n) is 12.5. The van der Waals surface area contributed by atoms with Crippen molar-refractivity contribution in [2.75, 3.05) is 17.4 Å². The highest BCUT2D eigenvalue weighted by Gasteiger charge is 2.33. The number of hydrogen-bond donors (Lipinski definition) is 1. The molecule has 1 unspecified atom stereocenters. The zero-order chi connectivity index (χ0) is 27.9. The minimum Gasteiger partial charge on any atom is -0.354 e. The lowest BCUT2D eigenvalue weighted by Gasteiger charge is -2.32. The van der Waals surface area contributed by atoms with Crippen molar-refractivity contribution in [2.24, 2.45) is 0 Å². The van der Waals surface area contributed by atoms with Crippen LogP contribution in [0.4, 0.5) is 5.69 Å². The predicted octanol–water partition coefficient (Wildman–Crippen LogP) is 5.10. The van der Waals surface area contributed by atoms with Gasteiger partial charge in [-0.25, -0.2) is 8.42 Å². The number of benzene rings is 3. The van der Waals surface area contributed by atoms with Gasteiger partial charge in [-0.15, -0.1) is 0 Å². The number of aryl methyl sites for hydroxylation is 2. The van der Waals surface area contributed by atoms with Crippen LogP contribution >= 0.6 is 11.6 Å². The highest BCUT2D eigenvalue weighted by atomic mass is 35.5. The van der Waals surface area contributed by atoms with E-state index in [9.17, 15) is 18.0 Å². The first kappa shape index (κ1) is 29.2. The van der Waals surface area contributed by atoms with E-state index in [-0.39, 0.29) is 17.3 Å². The van der Waals surface area contributed by atoms with Gasteiger partial charge in [-0.2, -0.15) is 0 Å². The summed E-state index contributed by atoms with van der Waals surface area (Å²) in [5.74, 6) is -0.847. The molecule has 2 amide bonds. The molecule has 1 atom stereocenters. The molecule has 0 aliphatic heterocycles. The van der Waals surface area contributed by atoms with E-state index in [1.807, 2.05) is 32.9 Å². The quantitative estimate of drug-likeness (QED) is 0.357. The largest absolute Gasteiger partial charge is 0.354 e. The molecule has 202 valence electrons. The normalized spacial score (nSPS) is 12.0. The molecule has 9 heteroatoms. The van der Waals surface area contributed by atoms with Gasteiger partial charge in [0, 0.05) is 18.1 Å². The van der Waals surface area contributed by atoms with E-state index < -0.39 is 28.5 Å². The fraction of sp³-hybridized carbons (Fsp3) is 0.310. The highest BCUT2D eigenvalue weighted by Crippen LogP contribution is 2.28. The zero-order valence-electron chi connectivity index (χ0n) is 22.1. The van der Waals surface area contributed by atoms with Crippen molar-refractivity contribution in [3.05, 3.63) is 94.5 Å². The molecule has 0 aliphatic carbocycles. The fourth-order valence-corrected chi connectivity index (χ4v) is 5.80. The number of halogens is 1. The summed E-state index contributed by atoms with van der Waals surface area (Å²) in [4.78, 5) is 28.3. The van der Waals surface area contributed by atoms with Gasteiger partial charge < -0.3 is 10.2 Å². The lowest BCUT2D eigenvalue weighted by Crippen LogP contribution is -2.51. The van der Waals surface area contributed by atoms with Gasteiger partial charge in [0.15, 0.2) is 0 Å². The van der Waals surface area contributed by atoms with Gasteiger partial charge in [0.05, 0.1) is 10.6 Å². The first-order valence-corrected chi connectivity index (χ1v) is 14.3. The van der Waals surface area contributed by atoms with E-state index in [4.69, 9.17) is 11.6 Å².